The van der Waals surface area contributed by atoms with Gasteiger partial charge in [-0.1, -0.05) is 66.4 Å². The van der Waals surface area contributed by atoms with Gasteiger partial charge in [0.25, 0.3) is 5.91 Å². The molecule has 1 amide bonds. The predicted octanol–water partition coefficient (Wildman–Crippen LogP) is 4.51. The fraction of sp³-hybridized carbons (Fsp3) is 0.387. The molecule has 1 N–H and O–H groups in total. The number of rotatable bonds is 11. The molecule has 1 aliphatic heterocycles. The van der Waals surface area contributed by atoms with Crippen molar-refractivity contribution in [1.82, 2.24) is 25.1 Å². The molecule has 0 saturated carbocycles. The molecule has 0 radical (unpaired) electrons. The number of benzene rings is 2. The van der Waals surface area contributed by atoms with Crippen molar-refractivity contribution >= 4 is 29.6 Å². The Morgan fingerprint density at radius 1 is 1.03 bits per heavy atom. The number of nitrogens with zero attached hydrogens (tertiary/aromatic N) is 5. The smallest absolute Gasteiger partial charge is 0.251 e. The molecule has 0 atom stereocenters. The number of anilines is 1. The van der Waals surface area contributed by atoms with Crippen molar-refractivity contribution in [3.8, 4) is 0 Å². The fourth-order valence-corrected chi connectivity index (χ4v) is 5.28. The Morgan fingerprint density at radius 2 is 1.79 bits per heavy atom. The van der Waals surface area contributed by atoms with Crippen LogP contribution in [-0.2, 0) is 5.75 Å². The Bertz CT molecular complexity index is 1260. The van der Waals surface area contributed by atoms with Gasteiger partial charge in [0.05, 0.1) is 0 Å². The first-order valence-corrected chi connectivity index (χ1v) is 14.6. The number of carbonyl (C=O) groups excluding carboxylic acids is 1. The Labute approximate surface area is 237 Å². The molecular weight excluding hydrogens is 504 g/mol. The van der Waals surface area contributed by atoms with Crippen LogP contribution in [0.1, 0.15) is 32.7 Å². The van der Waals surface area contributed by atoms with E-state index in [0.29, 0.717) is 17.9 Å². The predicted molar refractivity (Wildman–Crippen MR) is 163 cm³/mol. The molecule has 0 bridgehead atoms. The van der Waals surface area contributed by atoms with Crippen LogP contribution in [0.25, 0.3) is 6.08 Å². The lowest BCUT2D eigenvalue weighted by Crippen LogP contribution is -2.47. The number of thioether (sulfide) groups is 1. The van der Waals surface area contributed by atoms with E-state index in [0.717, 1.165) is 67.1 Å². The second kappa shape index (κ2) is 14.3. The van der Waals surface area contributed by atoms with Crippen molar-refractivity contribution < 1.29 is 4.79 Å². The highest BCUT2D eigenvalue weighted by Gasteiger charge is 2.21. The molecule has 206 valence electrons. The molecule has 0 unspecified atom stereocenters. The average Bonchev–Trinajstić information content (AvgIpc) is 2.94. The van der Waals surface area contributed by atoms with Gasteiger partial charge in [0.1, 0.15) is 5.82 Å². The van der Waals surface area contributed by atoms with Gasteiger partial charge in [-0.2, -0.15) is 0 Å². The summed E-state index contributed by atoms with van der Waals surface area (Å²) in [6, 6.07) is 18.3. The average molecular weight is 545 g/mol. The number of hydrogen-bond acceptors (Lipinski definition) is 7. The second-order valence-corrected chi connectivity index (χ2v) is 11.1. The van der Waals surface area contributed by atoms with Crippen LogP contribution in [0.4, 0.5) is 5.82 Å². The van der Waals surface area contributed by atoms with Gasteiger partial charge in [-0.15, -0.1) is 0 Å². The lowest BCUT2D eigenvalue weighted by molar-refractivity contribution is 0.0951. The molecular formula is C31H40N6OS. The molecule has 8 heteroatoms. The van der Waals surface area contributed by atoms with Crippen molar-refractivity contribution in [3.63, 3.8) is 0 Å². The molecule has 1 aliphatic rings. The Hall–Kier alpha value is -3.20. The van der Waals surface area contributed by atoms with Crippen molar-refractivity contribution in [2.45, 2.75) is 24.8 Å². The third-order valence-corrected chi connectivity index (χ3v) is 7.81. The molecule has 1 saturated heterocycles. The first-order chi connectivity index (χ1) is 18.9. The number of aryl methyl sites for hydroxylation is 1. The largest absolute Gasteiger partial charge is 0.354 e. The standard InChI is InChI=1S/C31H40N6OS/c1-24-25(2)33-31(39-23-27-12-8-14-28(22-27)30(38)32-15-17-35(3)4)34-29(24)37-20-18-36(19-21-37)16-9-13-26-10-6-5-7-11-26/h5-14,22H,15-21,23H2,1-4H3,(H,32,38)/b13-9+. The van der Waals surface area contributed by atoms with Gasteiger partial charge in [0, 0.05) is 68.4 Å². The van der Waals surface area contributed by atoms with E-state index in [1.165, 1.54) is 5.56 Å². The highest BCUT2D eigenvalue weighted by molar-refractivity contribution is 7.98. The lowest BCUT2D eigenvalue weighted by Gasteiger charge is -2.35. The minimum absolute atomic E-state index is 0.0388. The number of piperazine rings is 1. The van der Waals surface area contributed by atoms with Crippen LogP contribution in [0, 0.1) is 13.8 Å². The molecule has 1 aromatic heterocycles. The highest BCUT2D eigenvalue weighted by Crippen LogP contribution is 2.27. The maximum absolute atomic E-state index is 12.5. The van der Waals surface area contributed by atoms with E-state index in [-0.39, 0.29) is 5.91 Å². The summed E-state index contributed by atoms with van der Waals surface area (Å²) in [7, 11) is 3.99. The third kappa shape index (κ3) is 8.65. The summed E-state index contributed by atoms with van der Waals surface area (Å²) >= 11 is 1.62. The summed E-state index contributed by atoms with van der Waals surface area (Å²) in [5.41, 5.74) is 5.17. The van der Waals surface area contributed by atoms with Crippen LogP contribution in [-0.4, -0.2) is 85.6 Å². The SMILES string of the molecule is Cc1nc(SCc2cccc(C(=O)NCCN(C)C)c2)nc(N2CCN(C/C=C/c3ccccc3)CC2)c1C. The normalized spacial score (nSPS) is 14.3. The molecule has 39 heavy (non-hydrogen) atoms. The maximum Gasteiger partial charge on any atom is 0.251 e. The van der Waals surface area contributed by atoms with E-state index in [1.54, 1.807) is 11.8 Å². The van der Waals surface area contributed by atoms with Gasteiger partial charge in [-0.25, -0.2) is 9.97 Å². The summed E-state index contributed by atoms with van der Waals surface area (Å²) in [5.74, 6) is 1.71. The van der Waals surface area contributed by atoms with E-state index in [4.69, 9.17) is 9.97 Å². The Morgan fingerprint density at radius 3 is 2.54 bits per heavy atom. The van der Waals surface area contributed by atoms with Crippen LogP contribution in [0.5, 0.6) is 0 Å². The van der Waals surface area contributed by atoms with Crippen molar-refractivity contribution in [2.24, 2.45) is 0 Å². The van der Waals surface area contributed by atoms with Crippen molar-refractivity contribution in [2.75, 3.05) is 64.8 Å². The molecule has 4 rings (SSSR count). The molecule has 2 heterocycles. The zero-order valence-electron chi connectivity index (χ0n) is 23.6. The van der Waals surface area contributed by atoms with E-state index in [9.17, 15) is 4.79 Å². The summed E-state index contributed by atoms with van der Waals surface area (Å²) in [4.78, 5) is 29.2. The van der Waals surface area contributed by atoms with Crippen LogP contribution < -0.4 is 10.2 Å². The number of carbonyl (C=O) groups is 1. The van der Waals surface area contributed by atoms with Crippen LogP contribution in [0.15, 0.2) is 65.8 Å². The van der Waals surface area contributed by atoms with E-state index >= 15 is 0 Å². The zero-order valence-corrected chi connectivity index (χ0v) is 24.4. The number of likely N-dealkylation sites (N-methyl/N-ethyl adjacent to an activating group) is 1. The number of nitrogens with one attached hydrogen (secondary N) is 1. The quantitative estimate of drug-likeness (QED) is 0.281. The molecule has 0 spiro atoms. The van der Waals surface area contributed by atoms with E-state index in [1.807, 2.05) is 38.4 Å². The van der Waals surface area contributed by atoms with E-state index in [2.05, 4.69) is 76.3 Å². The number of hydrogen-bond donors (Lipinski definition) is 1. The molecule has 2 aromatic carbocycles. The number of aromatic nitrogens is 2. The fourth-order valence-electron chi connectivity index (χ4n) is 4.45. The van der Waals surface area contributed by atoms with Gasteiger partial charge >= 0.3 is 0 Å². The Kier molecular flexibility index (Phi) is 10.5. The Balaban J connectivity index is 1.32. The minimum atomic E-state index is -0.0388. The van der Waals surface area contributed by atoms with Gasteiger partial charge in [-0.05, 0) is 51.2 Å². The van der Waals surface area contributed by atoms with Gasteiger partial charge in [-0.3, -0.25) is 9.69 Å². The van der Waals surface area contributed by atoms with Crippen molar-refractivity contribution in [1.29, 1.82) is 0 Å². The highest BCUT2D eigenvalue weighted by atomic mass is 32.2. The summed E-state index contributed by atoms with van der Waals surface area (Å²) in [6.45, 7) is 10.5. The summed E-state index contributed by atoms with van der Waals surface area (Å²) < 4.78 is 0. The van der Waals surface area contributed by atoms with Crippen LogP contribution in [0.3, 0.4) is 0 Å². The van der Waals surface area contributed by atoms with Gasteiger partial charge in [0.2, 0.25) is 0 Å². The van der Waals surface area contributed by atoms with E-state index < -0.39 is 0 Å². The monoisotopic (exact) mass is 544 g/mol. The summed E-state index contributed by atoms with van der Waals surface area (Å²) in [5, 5.41) is 3.77. The third-order valence-electron chi connectivity index (χ3n) is 6.89. The second-order valence-electron chi connectivity index (χ2n) is 10.2. The molecule has 3 aromatic rings. The molecule has 1 fully saturated rings. The number of amides is 1. The van der Waals surface area contributed by atoms with Gasteiger partial charge in [0.15, 0.2) is 5.16 Å². The first-order valence-electron chi connectivity index (χ1n) is 13.6. The van der Waals surface area contributed by atoms with Crippen LogP contribution in [0.2, 0.25) is 0 Å². The lowest BCUT2D eigenvalue weighted by atomic mass is 10.1. The molecule has 7 nitrogen and oxygen atoms in total. The van der Waals surface area contributed by atoms with Crippen molar-refractivity contribution in [3.05, 3.63) is 88.6 Å². The molecule has 0 aliphatic carbocycles. The first kappa shape index (κ1) is 28.8. The maximum atomic E-state index is 12.5. The minimum Gasteiger partial charge on any atom is -0.354 e. The zero-order chi connectivity index (χ0) is 27.6. The van der Waals surface area contributed by atoms with Gasteiger partial charge < -0.3 is 15.1 Å². The topological polar surface area (TPSA) is 64.6 Å². The summed E-state index contributed by atoms with van der Waals surface area (Å²) in [6.07, 6.45) is 4.45. The van der Waals surface area contributed by atoms with Crippen LogP contribution >= 0.6 is 11.8 Å².